The fourth-order valence-corrected chi connectivity index (χ4v) is 1.68. The Kier molecular flexibility index (Phi) is 2.66. The quantitative estimate of drug-likeness (QED) is 0.570. The van der Waals surface area contributed by atoms with Gasteiger partial charge in [0.05, 0.1) is 24.9 Å². The first-order chi connectivity index (χ1) is 5.90. The molecule has 2 saturated heterocycles. The largest absolute Gasteiger partial charge is 0.373 e. The van der Waals surface area contributed by atoms with Gasteiger partial charge in [-0.05, 0) is 19.3 Å². The van der Waals surface area contributed by atoms with Crippen LogP contribution >= 0.6 is 0 Å². The van der Waals surface area contributed by atoms with Crippen molar-refractivity contribution in [3.63, 3.8) is 0 Å². The minimum atomic E-state index is 0.584. The number of epoxide rings is 2. The first-order valence-electron chi connectivity index (χ1n) is 5.17. The number of unbranched alkanes of at least 4 members (excludes halogenated alkanes) is 1. The van der Waals surface area contributed by atoms with Crippen molar-refractivity contribution in [3.05, 3.63) is 0 Å². The summed E-state index contributed by atoms with van der Waals surface area (Å²) in [5, 5.41) is 0. The predicted octanol–water partition coefficient (Wildman–Crippen LogP) is 2.12. The third kappa shape index (κ3) is 2.46. The van der Waals surface area contributed by atoms with Crippen molar-refractivity contribution in [2.45, 2.75) is 57.3 Å². The van der Waals surface area contributed by atoms with Gasteiger partial charge in [0.1, 0.15) is 0 Å². The van der Waals surface area contributed by atoms with E-state index in [0.717, 1.165) is 6.61 Å². The second-order valence-corrected chi connectivity index (χ2v) is 3.89. The van der Waals surface area contributed by atoms with E-state index in [9.17, 15) is 0 Å². The third-order valence-electron chi connectivity index (χ3n) is 2.71. The summed E-state index contributed by atoms with van der Waals surface area (Å²) in [5.74, 6) is 0. The molecule has 2 rings (SSSR count). The molecule has 2 aliphatic rings. The molecule has 2 nitrogen and oxygen atoms in total. The fourth-order valence-electron chi connectivity index (χ4n) is 1.68. The van der Waals surface area contributed by atoms with Crippen LogP contribution in [0.15, 0.2) is 0 Å². The van der Waals surface area contributed by atoms with E-state index in [-0.39, 0.29) is 0 Å². The Morgan fingerprint density at radius 1 is 1.17 bits per heavy atom. The zero-order chi connectivity index (χ0) is 8.39. The Bertz CT molecular complexity index is 143. The van der Waals surface area contributed by atoms with E-state index in [4.69, 9.17) is 9.47 Å². The first kappa shape index (κ1) is 8.52. The zero-order valence-electron chi connectivity index (χ0n) is 7.79. The van der Waals surface area contributed by atoms with E-state index in [0.29, 0.717) is 18.3 Å². The molecule has 0 aliphatic carbocycles. The highest BCUT2D eigenvalue weighted by Crippen LogP contribution is 2.32. The van der Waals surface area contributed by atoms with Crippen LogP contribution in [0.25, 0.3) is 0 Å². The van der Waals surface area contributed by atoms with Crippen molar-refractivity contribution in [2.75, 3.05) is 6.61 Å². The zero-order valence-corrected chi connectivity index (χ0v) is 7.79. The summed E-state index contributed by atoms with van der Waals surface area (Å²) in [6.45, 7) is 3.22. The molecule has 0 saturated carbocycles. The van der Waals surface area contributed by atoms with E-state index in [2.05, 4.69) is 6.92 Å². The SMILES string of the molecule is CCCCC1OC1CCC1CO1. The predicted molar refractivity (Wildman–Crippen MR) is 47.2 cm³/mol. The van der Waals surface area contributed by atoms with E-state index < -0.39 is 0 Å². The average Bonchev–Trinajstić information content (AvgIpc) is 2.94. The van der Waals surface area contributed by atoms with Gasteiger partial charge in [-0.3, -0.25) is 0 Å². The van der Waals surface area contributed by atoms with Gasteiger partial charge in [0.25, 0.3) is 0 Å². The van der Waals surface area contributed by atoms with Gasteiger partial charge in [-0.2, -0.15) is 0 Å². The van der Waals surface area contributed by atoms with Crippen LogP contribution in [-0.2, 0) is 9.47 Å². The van der Waals surface area contributed by atoms with Gasteiger partial charge < -0.3 is 9.47 Å². The maximum Gasteiger partial charge on any atom is 0.0842 e. The molecular formula is C10H18O2. The molecule has 0 bridgehead atoms. The molecule has 2 heteroatoms. The van der Waals surface area contributed by atoms with Crippen LogP contribution in [-0.4, -0.2) is 24.9 Å². The van der Waals surface area contributed by atoms with Crippen molar-refractivity contribution in [1.29, 1.82) is 0 Å². The molecule has 0 aromatic carbocycles. The standard InChI is InChI=1S/C10H18O2/c1-2-3-4-9-10(12-9)6-5-8-7-11-8/h8-10H,2-7H2,1H3. The van der Waals surface area contributed by atoms with E-state index in [1.165, 1.54) is 32.1 Å². The van der Waals surface area contributed by atoms with Gasteiger partial charge in [-0.1, -0.05) is 19.8 Å². The van der Waals surface area contributed by atoms with Crippen molar-refractivity contribution in [3.8, 4) is 0 Å². The molecule has 0 radical (unpaired) electrons. The van der Waals surface area contributed by atoms with Gasteiger partial charge in [0.2, 0.25) is 0 Å². The maximum atomic E-state index is 5.54. The summed E-state index contributed by atoms with van der Waals surface area (Å²) in [5.41, 5.74) is 0. The lowest BCUT2D eigenvalue weighted by Crippen LogP contribution is -1.96. The molecule has 70 valence electrons. The number of rotatable bonds is 6. The molecule has 0 amide bonds. The van der Waals surface area contributed by atoms with E-state index in [1.54, 1.807) is 0 Å². The van der Waals surface area contributed by atoms with Gasteiger partial charge >= 0.3 is 0 Å². The van der Waals surface area contributed by atoms with Crippen LogP contribution in [0.3, 0.4) is 0 Å². The minimum absolute atomic E-state index is 0.584. The highest BCUT2D eigenvalue weighted by molar-refractivity contribution is 4.86. The topological polar surface area (TPSA) is 25.1 Å². The number of hydrogen-bond donors (Lipinski definition) is 0. The molecule has 0 aromatic heterocycles. The van der Waals surface area contributed by atoms with Crippen LogP contribution in [0.2, 0.25) is 0 Å². The molecular weight excluding hydrogens is 152 g/mol. The molecule has 3 unspecified atom stereocenters. The van der Waals surface area contributed by atoms with E-state index in [1.807, 2.05) is 0 Å². The van der Waals surface area contributed by atoms with Crippen molar-refractivity contribution in [1.82, 2.24) is 0 Å². The Morgan fingerprint density at radius 2 is 1.92 bits per heavy atom. The lowest BCUT2D eigenvalue weighted by atomic mass is 10.1. The Labute approximate surface area is 74.2 Å². The summed E-state index contributed by atoms with van der Waals surface area (Å²) in [4.78, 5) is 0. The first-order valence-corrected chi connectivity index (χ1v) is 5.17. The number of ether oxygens (including phenoxy) is 2. The Balaban J connectivity index is 1.48. The van der Waals surface area contributed by atoms with Crippen LogP contribution in [0.4, 0.5) is 0 Å². The lowest BCUT2D eigenvalue weighted by molar-refractivity contribution is 0.336. The highest BCUT2D eigenvalue weighted by Gasteiger charge is 2.38. The van der Waals surface area contributed by atoms with Crippen LogP contribution in [0, 0.1) is 0 Å². The summed E-state index contributed by atoms with van der Waals surface area (Å²) >= 11 is 0. The second-order valence-electron chi connectivity index (χ2n) is 3.89. The molecule has 12 heavy (non-hydrogen) atoms. The fraction of sp³-hybridized carbons (Fsp3) is 1.00. The maximum absolute atomic E-state index is 5.54. The average molecular weight is 170 g/mol. The number of hydrogen-bond acceptors (Lipinski definition) is 2. The monoisotopic (exact) mass is 170 g/mol. The van der Waals surface area contributed by atoms with Crippen LogP contribution < -0.4 is 0 Å². The van der Waals surface area contributed by atoms with Gasteiger partial charge in [0.15, 0.2) is 0 Å². The summed E-state index contributed by atoms with van der Waals surface area (Å²) < 4.78 is 10.7. The van der Waals surface area contributed by atoms with Crippen LogP contribution in [0.5, 0.6) is 0 Å². The molecule has 2 aliphatic heterocycles. The normalized spacial score (nSPS) is 38.2. The van der Waals surface area contributed by atoms with Gasteiger partial charge in [-0.25, -0.2) is 0 Å². The molecule has 2 heterocycles. The van der Waals surface area contributed by atoms with E-state index >= 15 is 0 Å². The summed E-state index contributed by atoms with van der Waals surface area (Å²) in [6.07, 6.45) is 8.09. The van der Waals surface area contributed by atoms with Gasteiger partial charge in [-0.15, -0.1) is 0 Å². The molecule has 0 N–H and O–H groups in total. The third-order valence-corrected chi connectivity index (χ3v) is 2.71. The van der Waals surface area contributed by atoms with Gasteiger partial charge in [0, 0.05) is 0 Å². The summed E-state index contributed by atoms with van der Waals surface area (Å²) in [7, 11) is 0. The van der Waals surface area contributed by atoms with Crippen molar-refractivity contribution in [2.24, 2.45) is 0 Å². The smallest absolute Gasteiger partial charge is 0.0842 e. The second kappa shape index (κ2) is 3.75. The summed E-state index contributed by atoms with van der Waals surface area (Å²) in [6, 6.07) is 0. The lowest BCUT2D eigenvalue weighted by Gasteiger charge is -1.92. The molecule has 0 aromatic rings. The molecule has 3 atom stereocenters. The Hall–Kier alpha value is -0.0800. The van der Waals surface area contributed by atoms with Crippen molar-refractivity contribution < 1.29 is 9.47 Å². The van der Waals surface area contributed by atoms with Crippen LogP contribution in [0.1, 0.15) is 39.0 Å². The molecule has 0 spiro atoms. The Morgan fingerprint density at radius 3 is 2.58 bits per heavy atom. The van der Waals surface area contributed by atoms with Crippen molar-refractivity contribution >= 4 is 0 Å². The highest BCUT2D eigenvalue weighted by atomic mass is 16.6. The minimum Gasteiger partial charge on any atom is -0.373 e. The molecule has 2 fully saturated rings.